The van der Waals surface area contributed by atoms with Crippen LogP contribution < -0.4 is 4.74 Å². The van der Waals surface area contributed by atoms with Gasteiger partial charge in [-0.1, -0.05) is 12.1 Å². The first-order valence-electron chi connectivity index (χ1n) is 10.6. The van der Waals surface area contributed by atoms with Crippen LogP contribution in [-0.2, 0) is 17.7 Å². The Morgan fingerprint density at radius 1 is 1.23 bits per heavy atom. The molecule has 0 spiro atoms. The van der Waals surface area contributed by atoms with E-state index in [1.165, 1.54) is 22.3 Å². The van der Waals surface area contributed by atoms with E-state index < -0.39 is 0 Å². The first-order chi connectivity index (χ1) is 15.0. The highest BCUT2D eigenvalue weighted by molar-refractivity contribution is 5.56. The Bertz CT molecular complexity index is 1070. The summed E-state index contributed by atoms with van der Waals surface area (Å²) >= 11 is 0. The number of hydrogen-bond donors (Lipinski definition) is 0. The molecule has 2 aromatic heterocycles. The molecule has 0 unspecified atom stereocenters. The maximum atomic E-state index is 6.11. The molecular weight excluding hydrogens is 394 g/mol. The lowest BCUT2D eigenvalue weighted by molar-refractivity contribution is -0.0348. The molecule has 3 heterocycles. The summed E-state index contributed by atoms with van der Waals surface area (Å²) in [6, 6.07) is 2.12. The van der Waals surface area contributed by atoms with Crippen molar-refractivity contribution in [3.63, 3.8) is 0 Å². The zero-order valence-corrected chi connectivity index (χ0v) is 18.8. The summed E-state index contributed by atoms with van der Waals surface area (Å²) in [5.74, 6) is 2.04. The molecule has 1 saturated heterocycles. The van der Waals surface area contributed by atoms with Crippen molar-refractivity contribution in [3.05, 3.63) is 52.4 Å². The highest BCUT2D eigenvalue weighted by Gasteiger charge is 2.28. The molecule has 1 aromatic carbocycles. The predicted octanol–water partition coefficient (Wildman–Crippen LogP) is 3.60. The fraction of sp³-hybridized carbons (Fsp3) is 0.478. The van der Waals surface area contributed by atoms with E-state index >= 15 is 0 Å². The van der Waals surface area contributed by atoms with Crippen LogP contribution in [0.3, 0.4) is 0 Å². The summed E-state index contributed by atoms with van der Waals surface area (Å²) in [4.78, 5) is 15.6. The van der Waals surface area contributed by atoms with Crippen LogP contribution in [0, 0.1) is 20.8 Å². The molecule has 0 saturated carbocycles. The number of hydrogen-bond acceptors (Lipinski definition) is 8. The Kier molecular flexibility index (Phi) is 6.29. The van der Waals surface area contributed by atoms with Crippen LogP contribution in [0.2, 0.25) is 0 Å². The van der Waals surface area contributed by atoms with Crippen LogP contribution in [0.1, 0.15) is 46.9 Å². The van der Waals surface area contributed by atoms with E-state index in [0.717, 1.165) is 36.6 Å². The Hall–Kier alpha value is -2.84. The molecule has 0 aliphatic carbocycles. The summed E-state index contributed by atoms with van der Waals surface area (Å²) in [6.07, 6.45) is 3.78. The van der Waals surface area contributed by atoms with Gasteiger partial charge in [0.05, 0.1) is 25.0 Å². The average molecular weight is 424 g/mol. The molecule has 1 atom stereocenters. The van der Waals surface area contributed by atoms with Gasteiger partial charge in [0, 0.05) is 32.3 Å². The number of morpholine rings is 1. The zero-order chi connectivity index (χ0) is 22.0. The second-order valence-corrected chi connectivity index (χ2v) is 7.91. The van der Waals surface area contributed by atoms with E-state index in [1.807, 2.05) is 6.92 Å². The van der Waals surface area contributed by atoms with Gasteiger partial charge in [-0.3, -0.25) is 4.90 Å². The summed E-state index contributed by atoms with van der Waals surface area (Å²) in [5.41, 5.74) is 6.60. The number of methoxy groups -OCH3 is 1. The van der Waals surface area contributed by atoms with Gasteiger partial charge in [0.1, 0.15) is 18.2 Å². The molecule has 31 heavy (non-hydrogen) atoms. The fourth-order valence-corrected chi connectivity index (χ4v) is 4.07. The number of benzene rings is 1. The van der Waals surface area contributed by atoms with Crippen LogP contribution in [0.5, 0.6) is 5.75 Å². The van der Waals surface area contributed by atoms with Crippen LogP contribution in [0.4, 0.5) is 0 Å². The second-order valence-electron chi connectivity index (χ2n) is 7.91. The highest BCUT2D eigenvalue weighted by atomic mass is 16.5. The molecule has 8 heteroatoms. The quantitative estimate of drug-likeness (QED) is 0.594. The van der Waals surface area contributed by atoms with Crippen molar-refractivity contribution in [1.29, 1.82) is 0 Å². The average Bonchev–Trinajstić information content (AvgIpc) is 3.28. The third kappa shape index (κ3) is 4.31. The Labute approximate surface area is 182 Å². The first kappa shape index (κ1) is 21.4. The SMILES string of the molecule is CCc1nc(-c2cncnc2[C@H]2CN(Cc3c(C)cc(OC)c(C)c3C)CCO2)no1. The zero-order valence-electron chi connectivity index (χ0n) is 18.8. The van der Waals surface area contributed by atoms with E-state index in [1.54, 1.807) is 19.6 Å². The van der Waals surface area contributed by atoms with E-state index in [2.05, 4.69) is 51.8 Å². The van der Waals surface area contributed by atoms with Gasteiger partial charge in [0.25, 0.3) is 0 Å². The van der Waals surface area contributed by atoms with Crippen LogP contribution in [-0.4, -0.2) is 51.8 Å². The van der Waals surface area contributed by atoms with Gasteiger partial charge < -0.3 is 14.0 Å². The van der Waals surface area contributed by atoms with Crippen molar-refractivity contribution in [1.82, 2.24) is 25.0 Å². The van der Waals surface area contributed by atoms with Gasteiger partial charge >= 0.3 is 0 Å². The summed E-state index contributed by atoms with van der Waals surface area (Å²) in [7, 11) is 1.72. The molecule has 164 valence electrons. The molecule has 1 aliphatic rings. The lowest BCUT2D eigenvalue weighted by Gasteiger charge is -2.34. The van der Waals surface area contributed by atoms with Crippen molar-refractivity contribution in [2.24, 2.45) is 0 Å². The molecule has 3 aromatic rings. The minimum absolute atomic E-state index is 0.185. The largest absolute Gasteiger partial charge is 0.496 e. The molecule has 4 rings (SSSR count). The monoisotopic (exact) mass is 423 g/mol. The molecule has 0 bridgehead atoms. The predicted molar refractivity (Wildman–Crippen MR) is 116 cm³/mol. The number of aromatic nitrogens is 4. The molecule has 0 radical (unpaired) electrons. The lowest BCUT2D eigenvalue weighted by Crippen LogP contribution is -2.38. The molecular formula is C23H29N5O3. The standard InChI is InChI=1S/C23H29N5O3/c1-6-21-26-23(27-31-21)17-10-24-13-25-22(17)20-12-28(7-8-30-20)11-18-14(2)9-19(29-5)16(4)15(18)3/h9-10,13,20H,6-8,11-12H2,1-5H3/t20-/m1/s1. The second kappa shape index (κ2) is 9.11. The van der Waals surface area contributed by atoms with Crippen molar-refractivity contribution in [3.8, 4) is 17.1 Å². The normalized spacial score (nSPS) is 17.1. The van der Waals surface area contributed by atoms with Gasteiger partial charge in [-0.15, -0.1) is 0 Å². The van der Waals surface area contributed by atoms with Gasteiger partial charge in [0.2, 0.25) is 11.7 Å². The van der Waals surface area contributed by atoms with Gasteiger partial charge in [-0.2, -0.15) is 4.98 Å². The topological polar surface area (TPSA) is 86.4 Å². The first-order valence-corrected chi connectivity index (χ1v) is 10.6. The van der Waals surface area contributed by atoms with E-state index in [0.29, 0.717) is 24.7 Å². The van der Waals surface area contributed by atoms with Gasteiger partial charge in [-0.05, 0) is 49.1 Å². The molecule has 0 amide bonds. The van der Waals surface area contributed by atoms with E-state index in [4.69, 9.17) is 14.0 Å². The minimum Gasteiger partial charge on any atom is -0.496 e. The van der Waals surface area contributed by atoms with Crippen LogP contribution >= 0.6 is 0 Å². The van der Waals surface area contributed by atoms with Crippen molar-refractivity contribution >= 4 is 0 Å². The van der Waals surface area contributed by atoms with Crippen molar-refractivity contribution in [2.45, 2.75) is 46.8 Å². The number of aryl methyl sites for hydroxylation is 2. The summed E-state index contributed by atoms with van der Waals surface area (Å²) < 4.78 is 16.9. The maximum absolute atomic E-state index is 6.11. The Balaban J connectivity index is 1.57. The smallest absolute Gasteiger partial charge is 0.226 e. The third-order valence-corrected chi connectivity index (χ3v) is 6.02. The maximum Gasteiger partial charge on any atom is 0.226 e. The lowest BCUT2D eigenvalue weighted by atomic mass is 9.96. The van der Waals surface area contributed by atoms with Gasteiger partial charge in [-0.25, -0.2) is 9.97 Å². The summed E-state index contributed by atoms with van der Waals surface area (Å²) in [5, 5.41) is 4.10. The highest BCUT2D eigenvalue weighted by Crippen LogP contribution is 2.32. The minimum atomic E-state index is -0.185. The number of nitrogens with zero attached hydrogens (tertiary/aromatic N) is 5. The van der Waals surface area contributed by atoms with E-state index in [-0.39, 0.29) is 6.10 Å². The Morgan fingerprint density at radius 2 is 2.06 bits per heavy atom. The Morgan fingerprint density at radius 3 is 2.81 bits per heavy atom. The van der Waals surface area contributed by atoms with E-state index in [9.17, 15) is 0 Å². The summed E-state index contributed by atoms with van der Waals surface area (Å²) in [6.45, 7) is 11.5. The van der Waals surface area contributed by atoms with Crippen molar-refractivity contribution in [2.75, 3.05) is 26.8 Å². The molecule has 8 nitrogen and oxygen atoms in total. The molecule has 0 N–H and O–H groups in total. The molecule has 1 fully saturated rings. The number of rotatable bonds is 6. The fourth-order valence-electron chi connectivity index (χ4n) is 4.07. The van der Waals surface area contributed by atoms with Gasteiger partial charge in [0.15, 0.2) is 0 Å². The van der Waals surface area contributed by atoms with Crippen LogP contribution in [0.15, 0.2) is 23.1 Å². The third-order valence-electron chi connectivity index (χ3n) is 6.02. The number of ether oxygens (including phenoxy) is 2. The molecule has 1 aliphatic heterocycles. The van der Waals surface area contributed by atoms with Crippen LogP contribution in [0.25, 0.3) is 11.4 Å². The van der Waals surface area contributed by atoms with Crippen molar-refractivity contribution < 1.29 is 14.0 Å².